The van der Waals surface area contributed by atoms with Crippen LogP contribution in [0.25, 0.3) is 0 Å². The Hall–Kier alpha value is -2.30. The van der Waals surface area contributed by atoms with Crippen LogP contribution >= 0.6 is 0 Å². The molecule has 1 saturated carbocycles. The van der Waals surface area contributed by atoms with Gasteiger partial charge in [-0.25, -0.2) is 0 Å². The van der Waals surface area contributed by atoms with E-state index in [0.717, 1.165) is 11.1 Å². The van der Waals surface area contributed by atoms with Gasteiger partial charge in [0.05, 0.1) is 24.3 Å². The van der Waals surface area contributed by atoms with Crippen LogP contribution in [0.2, 0.25) is 0 Å². The molecule has 4 unspecified atom stereocenters. The number of aliphatic hydroxyl groups excluding tert-OH is 2. The molecule has 1 aliphatic carbocycles. The molecule has 0 aromatic heterocycles. The van der Waals surface area contributed by atoms with Gasteiger partial charge in [0.15, 0.2) is 0 Å². The van der Waals surface area contributed by atoms with Crippen LogP contribution < -0.4 is 0 Å². The van der Waals surface area contributed by atoms with Gasteiger partial charge in [-0.3, -0.25) is 9.98 Å². The van der Waals surface area contributed by atoms with Gasteiger partial charge in [0.25, 0.3) is 0 Å². The van der Waals surface area contributed by atoms with Crippen molar-refractivity contribution in [2.45, 2.75) is 37.1 Å². The summed E-state index contributed by atoms with van der Waals surface area (Å²) < 4.78 is 0. The summed E-state index contributed by atoms with van der Waals surface area (Å²) in [4.78, 5) is 9.03. The van der Waals surface area contributed by atoms with E-state index in [2.05, 4.69) is 9.98 Å². The lowest BCUT2D eigenvalue weighted by molar-refractivity contribution is 0.0160. The first-order valence-electron chi connectivity index (χ1n) is 8.25. The van der Waals surface area contributed by atoms with E-state index in [1.165, 1.54) is 0 Å². The quantitative estimate of drug-likeness (QED) is 0.849. The summed E-state index contributed by atoms with van der Waals surface area (Å²) in [6.07, 6.45) is 3.13. The van der Waals surface area contributed by atoms with Crippen LogP contribution in [0, 0.1) is 0 Å². The fourth-order valence-electron chi connectivity index (χ4n) is 2.89. The normalized spacial score (nSPS) is 27.8. The monoisotopic (exact) mass is 322 g/mol. The third kappa shape index (κ3) is 4.37. The summed E-state index contributed by atoms with van der Waals surface area (Å²) in [5.41, 5.74) is 2.00. The van der Waals surface area contributed by atoms with Crippen molar-refractivity contribution in [3.05, 3.63) is 71.8 Å². The Kier molecular flexibility index (Phi) is 5.51. The molecular weight excluding hydrogens is 300 g/mol. The van der Waals surface area contributed by atoms with Crippen molar-refractivity contribution >= 4 is 12.4 Å². The largest absolute Gasteiger partial charge is 0.391 e. The van der Waals surface area contributed by atoms with Crippen molar-refractivity contribution in [3.8, 4) is 0 Å². The van der Waals surface area contributed by atoms with Crippen molar-refractivity contribution in [1.29, 1.82) is 0 Å². The highest BCUT2D eigenvalue weighted by atomic mass is 16.3. The number of aliphatic imine (C=N–C) groups is 2. The van der Waals surface area contributed by atoms with E-state index in [4.69, 9.17) is 0 Å². The van der Waals surface area contributed by atoms with E-state index in [1.54, 1.807) is 12.4 Å². The lowest BCUT2D eigenvalue weighted by Gasteiger charge is -2.32. The molecule has 4 atom stereocenters. The van der Waals surface area contributed by atoms with Crippen molar-refractivity contribution in [2.75, 3.05) is 0 Å². The van der Waals surface area contributed by atoms with Gasteiger partial charge in [-0.05, 0) is 17.5 Å². The number of hydrogen-bond acceptors (Lipinski definition) is 4. The Morgan fingerprint density at radius 1 is 0.667 bits per heavy atom. The summed E-state index contributed by atoms with van der Waals surface area (Å²) in [6, 6.07) is 19.1. The minimum Gasteiger partial charge on any atom is -0.391 e. The number of nitrogens with zero attached hydrogens (tertiary/aromatic N) is 2. The first kappa shape index (κ1) is 16.6. The number of hydrogen-bond donors (Lipinski definition) is 2. The predicted molar refractivity (Wildman–Crippen MR) is 96.9 cm³/mol. The average molecular weight is 322 g/mol. The van der Waals surface area contributed by atoms with Gasteiger partial charge in [0, 0.05) is 18.9 Å². The van der Waals surface area contributed by atoms with Crippen LogP contribution in [-0.4, -0.2) is 46.9 Å². The summed E-state index contributed by atoms with van der Waals surface area (Å²) in [5, 5.41) is 20.4. The van der Waals surface area contributed by atoms with Crippen LogP contribution in [0.15, 0.2) is 70.6 Å². The molecule has 0 heterocycles. The van der Waals surface area contributed by atoms with E-state index < -0.39 is 12.2 Å². The third-order valence-corrected chi connectivity index (χ3v) is 4.28. The van der Waals surface area contributed by atoms with E-state index in [0.29, 0.717) is 12.8 Å². The van der Waals surface area contributed by atoms with Crippen LogP contribution in [0.3, 0.4) is 0 Å². The van der Waals surface area contributed by atoms with Crippen molar-refractivity contribution in [1.82, 2.24) is 0 Å². The summed E-state index contributed by atoms with van der Waals surface area (Å²) in [5.74, 6) is 0. The molecule has 1 aliphatic rings. The van der Waals surface area contributed by atoms with E-state index in [-0.39, 0.29) is 12.1 Å². The maximum atomic E-state index is 10.2. The van der Waals surface area contributed by atoms with Gasteiger partial charge in [0.1, 0.15) is 0 Å². The lowest BCUT2D eigenvalue weighted by Crippen LogP contribution is -2.43. The molecule has 3 rings (SSSR count). The molecule has 24 heavy (non-hydrogen) atoms. The molecule has 0 bridgehead atoms. The molecule has 4 nitrogen and oxygen atoms in total. The molecule has 0 radical (unpaired) electrons. The van der Waals surface area contributed by atoms with Gasteiger partial charge in [0.2, 0.25) is 0 Å². The highest BCUT2D eigenvalue weighted by molar-refractivity contribution is 5.80. The third-order valence-electron chi connectivity index (χ3n) is 4.28. The fourth-order valence-corrected chi connectivity index (χ4v) is 2.89. The molecule has 4 heteroatoms. The first-order chi connectivity index (χ1) is 11.7. The van der Waals surface area contributed by atoms with Gasteiger partial charge in [-0.15, -0.1) is 0 Å². The molecule has 124 valence electrons. The lowest BCUT2D eigenvalue weighted by atomic mass is 9.87. The topological polar surface area (TPSA) is 65.2 Å². The zero-order chi connectivity index (χ0) is 16.8. The molecule has 1 fully saturated rings. The zero-order valence-electron chi connectivity index (χ0n) is 13.4. The van der Waals surface area contributed by atoms with Gasteiger partial charge in [-0.1, -0.05) is 60.7 Å². The van der Waals surface area contributed by atoms with Crippen molar-refractivity contribution in [3.63, 3.8) is 0 Å². The highest BCUT2D eigenvalue weighted by Gasteiger charge is 2.34. The average Bonchev–Trinajstić information content (AvgIpc) is 2.62. The van der Waals surface area contributed by atoms with E-state index in [1.807, 2.05) is 60.7 Å². The Bertz CT molecular complexity index is 626. The predicted octanol–water partition coefficient (Wildman–Crippen LogP) is 2.48. The summed E-state index contributed by atoms with van der Waals surface area (Å²) in [7, 11) is 0. The second-order valence-electron chi connectivity index (χ2n) is 6.12. The highest BCUT2D eigenvalue weighted by Crippen LogP contribution is 2.25. The van der Waals surface area contributed by atoms with Crippen molar-refractivity contribution < 1.29 is 10.2 Å². The standard InChI is InChI=1S/C20H22N2O2/c23-19-12-20(24)18(22-14-16-9-5-2-6-10-16)11-17(19)21-13-15-7-3-1-4-8-15/h1-10,13-14,17-20,23-24H,11-12H2/b21-13+,22-14+. The molecule has 2 N–H and O–H groups in total. The van der Waals surface area contributed by atoms with Crippen molar-refractivity contribution in [2.24, 2.45) is 9.98 Å². The number of rotatable bonds is 4. The first-order valence-corrected chi connectivity index (χ1v) is 8.25. The van der Waals surface area contributed by atoms with Gasteiger partial charge >= 0.3 is 0 Å². The van der Waals surface area contributed by atoms with E-state index in [9.17, 15) is 10.2 Å². The van der Waals surface area contributed by atoms with Crippen LogP contribution in [0.4, 0.5) is 0 Å². The summed E-state index contributed by atoms with van der Waals surface area (Å²) in [6.45, 7) is 0. The summed E-state index contributed by atoms with van der Waals surface area (Å²) >= 11 is 0. The molecule has 2 aromatic carbocycles. The maximum Gasteiger partial charge on any atom is 0.0789 e. The minimum absolute atomic E-state index is 0.244. The maximum absolute atomic E-state index is 10.2. The molecule has 0 spiro atoms. The SMILES string of the molecule is OC1CC(O)C(/N=C/c2ccccc2)CC1/N=C/c1ccccc1. The van der Waals surface area contributed by atoms with Crippen LogP contribution in [0.5, 0.6) is 0 Å². The molecule has 0 aliphatic heterocycles. The van der Waals surface area contributed by atoms with E-state index >= 15 is 0 Å². The second-order valence-corrected chi connectivity index (χ2v) is 6.12. The Balaban J connectivity index is 1.68. The molecule has 0 amide bonds. The number of benzene rings is 2. The minimum atomic E-state index is -0.636. The van der Waals surface area contributed by atoms with Gasteiger partial charge < -0.3 is 10.2 Å². The molecule has 2 aromatic rings. The van der Waals surface area contributed by atoms with Gasteiger partial charge in [-0.2, -0.15) is 0 Å². The molecule has 0 saturated heterocycles. The van der Waals surface area contributed by atoms with Crippen LogP contribution in [-0.2, 0) is 0 Å². The van der Waals surface area contributed by atoms with Crippen LogP contribution in [0.1, 0.15) is 24.0 Å². The molecular formula is C20H22N2O2. The smallest absolute Gasteiger partial charge is 0.0789 e. The Morgan fingerprint density at radius 2 is 1.08 bits per heavy atom. The Labute approximate surface area is 142 Å². The fraction of sp³-hybridized carbons (Fsp3) is 0.300. The number of aliphatic hydroxyl groups is 2. The Morgan fingerprint density at radius 3 is 1.50 bits per heavy atom. The zero-order valence-corrected chi connectivity index (χ0v) is 13.4. The second kappa shape index (κ2) is 7.99.